The molecule has 1 aliphatic rings. The van der Waals surface area contributed by atoms with Crippen molar-refractivity contribution in [3.8, 4) is 5.75 Å². The molecule has 1 N–H and O–H groups in total. The molecule has 23 heavy (non-hydrogen) atoms. The molecule has 0 radical (unpaired) electrons. The number of hydrogen-bond donors (Lipinski definition) is 1. The van der Waals surface area contributed by atoms with Crippen molar-refractivity contribution >= 4 is 22.4 Å². The summed E-state index contributed by atoms with van der Waals surface area (Å²) in [7, 11) is 0. The van der Waals surface area contributed by atoms with Crippen LogP contribution in [0.1, 0.15) is 47.6 Å². The Labute approximate surface area is 140 Å². The molecule has 3 rings (SSSR count). The molecule has 4 nitrogen and oxygen atoms in total. The molecule has 0 aliphatic heterocycles. The van der Waals surface area contributed by atoms with E-state index < -0.39 is 0 Å². The highest BCUT2D eigenvalue weighted by atomic mass is 32.1. The molecule has 0 unspecified atom stereocenters. The Morgan fingerprint density at radius 3 is 3.17 bits per heavy atom. The maximum atomic E-state index is 12.4. The number of carbonyl (C=O) groups excluding carboxylic acids is 1. The quantitative estimate of drug-likeness (QED) is 0.889. The Kier molecular flexibility index (Phi) is 4.96. The smallest absolute Gasteiger partial charge is 0.257 e. The summed E-state index contributed by atoms with van der Waals surface area (Å²) in [5, 5.41) is 3.63. The van der Waals surface area contributed by atoms with Crippen LogP contribution in [0, 0.1) is 5.92 Å². The van der Waals surface area contributed by atoms with Crippen molar-refractivity contribution in [2.75, 3.05) is 11.9 Å². The maximum Gasteiger partial charge on any atom is 0.257 e. The predicted octanol–water partition coefficient (Wildman–Crippen LogP) is 4.31. The summed E-state index contributed by atoms with van der Waals surface area (Å²) in [6, 6.07) is 7.29. The van der Waals surface area contributed by atoms with E-state index in [-0.39, 0.29) is 5.91 Å². The van der Waals surface area contributed by atoms with Gasteiger partial charge < -0.3 is 4.74 Å². The van der Waals surface area contributed by atoms with Gasteiger partial charge in [-0.15, -0.1) is 11.3 Å². The number of nitrogens with one attached hydrogen (secondary N) is 1. The van der Waals surface area contributed by atoms with Crippen molar-refractivity contribution in [3.05, 3.63) is 40.4 Å². The van der Waals surface area contributed by atoms with Crippen LogP contribution in [0.4, 0.5) is 5.13 Å². The summed E-state index contributed by atoms with van der Waals surface area (Å²) >= 11 is 1.61. The highest BCUT2D eigenvalue weighted by Crippen LogP contribution is 2.32. The summed E-state index contributed by atoms with van der Waals surface area (Å²) in [5.74, 6) is 1.30. The van der Waals surface area contributed by atoms with Gasteiger partial charge in [-0.2, -0.15) is 0 Å². The normalized spacial score (nSPS) is 16.7. The number of hydrogen-bond acceptors (Lipinski definition) is 4. The number of anilines is 1. The summed E-state index contributed by atoms with van der Waals surface area (Å²) in [5.41, 5.74) is 1.75. The van der Waals surface area contributed by atoms with Crippen LogP contribution >= 0.6 is 11.3 Å². The molecule has 0 bridgehead atoms. The lowest BCUT2D eigenvalue weighted by atomic mass is 9.93. The highest BCUT2D eigenvalue weighted by molar-refractivity contribution is 7.15. The first kappa shape index (κ1) is 16.0. The van der Waals surface area contributed by atoms with E-state index in [4.69, 9.17) is 4.74 Å². The summed E-state index contributed by atoms with van der Waals surface area (Å²) in [4.78, 5) is 18.3. The van der Waals surface area contributed by atoms with Crippen molar-refractivity contribution in [1.29, 1.82) is 0 Å². The number of aromatic nitrogens is 1. The fraction of sp³-hybridized carbons (Fsp3) is 0.444. The fourth-order valence-electron chi connectivity index (χ4n) is 2.71. The summed E-state index contributed by atoms with van der Waals surface area (Å²) < 4.78 is 5.58. The third kappa shape index (κ3) is 3.91. The lowest BCUT2D eigenvalue weighted by Crippen LogP contribution is -2.12. The van der Waals surface area contributed by atoms with Crippen LogP contribution in [0.3, 0.4) is 0 Å². The fourth-order valence-corrected chi connectivity index (χ4v) is 3.88. The molecule has 1 heterocycles. The minimum atomic E-state index is -0.133. The van der Waals surface area contributed by atoms with Gasteiger partial charge in [-0.05, 0) is 49.8 Å². The monoisotopic (exact) mass is 330 g/mol. The molecule has 1 aromatic carbocycles. The van der Waals surface area contributed by atoms with Gasteiger partial charge in [0.1, 0.15) is 5.75 Å². The first-order valence-corrected chi connectivity index (χ1v) is 9.00. The number of aryl methyl sites for hydroxylation is 1. The SMILES string of the molecule is CCCOc1cccc(C(=O)Nc2nc3c(s2)C[C@H](C)CC3)c1. The average Bonchev–Trinajstić information content (AvgIpc) is 2.94. The molecule has 0 saturated carbocycles. The standard InChI is InChI=1S/C18H22N2O2S/c1-3-9-22-14-6-4-5-13(11-14)17(21)20-18-19-15-8-7-12(2)10-16(15)23-18/h4-6,11-12H,3,7-10H2,1-2H3,(H,19,20,21)/t12-/m1/s1. The Bertz CT molecular complexity index is 696. The molecular formula is C18H22N2O2S. The zero-order valence-electron chi connectivity index (χ0n) is 13.6. The molecule has 5 heteroatoms. The van der Waals surface area contributed by atoms with Crippen LogP contribution in [0.25, 0.3) is 0 Å². The first-order valence-electron chi connectivity index (χ1n) is 8.18. The van der Waals surface area contributed by atoms with Crippen molar-refractivity contribution in [3.63, 3.8) is 0 Å². The second-order valence-corrected chi connectivity index (χ2v) is 7.15. The van der Waals surface area contributed by atoms with Crippen LogP contribution in [0.5, 0.6) is 5.75 Å². The number of amides is 1. The van der Waals surface area contributed by atoms with E-state index in [2.05, 4.69) is 24.1 Å². The van der Waals surface area contributed by atoms with E-state index >= 15 is 0 Å². The van der Waals surface area contributed by atoms with E-state index in [9.17, 15) is 4.79 Å². The van der Waals surface area contributed by atoms with Crippen molar-refractivity contribution in [2.45, 2.75) is 39.5 Å². The number of rotatable bonds is 5. The zero-order valence-corrected chi connectivity index (χ0v) is 14.4. The van der Waals surface area contributed by atoms with Crippen molar-refractivity contribution in [2.24, 2.45) is 5.92 Å². The van der Waals surface area contributed by atoms with Crippen molar-refractivity contribution < 1.29 is 9.53 Å². The van der Waals surface area contributed by atoms with Crippen LogP contribution in [0.2, 0.25) is 0 Å². The Morgan fingerprint density at radius 1 is 1.48 bits per heavy atom. The van der Waals surface area contributed by atoms with Gasteiger partial charge in [0, 0.05) is 10.4 Å². The van der Waals surface area contributed by atoms with Gasteiger partial charge in [-0.3, -0.25) is 10.1 Å². The number of fused-ring (bicyclic) bond motifs is 1. The lowest BCUT2D eigenvalue weighted by Gasteiger charge is -2.15. The number of carbonyl (C=O) groups is 1. The van der Waals surface area contributed by atoms with Gasteiger partial charge in [0.25, 0.3) is 5.91 Å². The first-order chi connectivity index (χ1) is 11.2. The van der Waals surface area contributed by atoms with E-state index in [1.54, 1.807) is 23.5 Å². The number of nitrogens with zero attached hydrogens (tertiary/aromatic N) is 1. The summed E-state index contributed by atoms with van der Waals surface area (Å²) in [6.07, 6.45) is 4.22. The third-order valence-corrected chi connectivity index (χ3v) is 5.01. The number of thiazole rings is 1. The topological polar surface area (TPSA) is 51.2 Å². The highest BCUT2D eigenvalue weighted by Gasteiger charge is 2.20. The number of ether oxygens (including phenoxy) is 1. The Morgan fingerprint density at radius 2 is 2.35 bits per heavy atom. The van der Waals surface area contributed by atoms with Crippen LogP contribution in [-0.2, 0) is 12.8 Å². The summed E-state index contributed by atoms with van der Waals surface area (Å²) in [6.45, 7) is 4.98. The van der Waals surface area contributed by atoms with Gasteiger partial charge in [0.2, 0.25) is 0 Å². The van der Waals surface area contributed by atoms with Gasteiger partial charge in [-0.1, -0.05) is 19.9 Å². The maximum absolute atomic E-state index is 12.4. The van der Waals surface area contributed by atoms with Gasteiger partial charge in [-0.25, -0.2) is 4.98 Å². The molecule has 2 aromatic rings. The van der Waals surface area contributed by atoms with Gasteiger partial charge >= 0.3 is 0 Å². The minimum Gasteiger partial charge on any atom is -0.494 e. The molecule has 0 saturated heterocycles. The zero-order chi connectivity index (χ0) is 16.2. The molecule has 1 aromatic heterocycles. The minimum absolute atomic E-state index is 0.133. The van der Waals surface area contributed by atoms with E-state index in [0.717, 1.165) is 30.7 Å². The van der Waals surface area contributed by atoms with Crippen LogP contribution < -0.4 is 10.1 Å². The van der Waals surface area contributed by atoms with Crippen molar-refractivity contribution in [1.82, 2.24) is 4.98 Å². The van der Waals surface area contributed by atoms with Gasteiger partial charge in [0.05, 0.1) is 12.3 Å². The molecule has 0 fully saturated rings. The Balaban J connectivity index is 1.69. The van der Waals surface area contributed by atoms with E-state index in [1.807, 2.05) is 12.1 Å². The van der Waals surface area contributed by atoms with Crippen LogP contribution in [0.15, 0.2) is 24.3 Å². The average molecular weight is 330 g/mol. The molecule has 1 atom stereocenters. The molecule has 122 valence electrons. The largest absolute Gasteiger partial charge is 0.494 e. The number of benzene rings is 1. The second-order valence-electron chi connectivity index (χ2n) is 6.07. The Hall–Kier alpha value is -1.88. The lowest BCUT2D eigenvalue weighted by molar-refractivity contribution is 0.102. The second kappa shape index (κ2) is 7.13. The molecular weight excluding hydrogens is 308 g/mol. The van der Waals surface area contributed by atoms with Crippen LogP contribution in [-0.4, -0.2) is 17.5 Å². The molecule has 1 amide bonds. The van der Waals surface area contributed by atoms with Gasteiger partial charge in [0.15, 0.2) is 5.13 Å². The van der Waals surface area contributed by atoms with E-state index in [1.165, 1.54) is 11.3 Å². The van der Waals surface area contributed by atoms with E-state index in [0.29, 0.717) is 23.2 Å². The third-order valence-electron chi connectivity index (χ3n) is 3.98. The predicted molar refractivity (Wildman–Crippen MR) is 93.5 cm³/mol. The molecule has 0 spiro atoms. The molecule has 1 aliphatic carbocycles.